The average molecular weight is 644 g/mol. The minimum absolute atomic E-state index is 0.0323. The third kappa shape index (κ3) is 4.30. The highest BCUT2D eigenvalue weighted by Gasteiger charge is 2.84. The summed E-state index contributed by atoms with van der Waals surface area (Å²) in [6.07, 6.45) is 8.37. The maximum Gasteiger partial charge on any atom is 0.408 e. The summed E-state index contributed by atoms with van der Waals surface area (Å²) in [6, 6.07) is -0.395. The first-order valence-corrected chi connectivity index (χ1v) is 18.7. The van der Waals surface area contributed by atoms with E-state index in [2.05, 4.69) is 39.9 Å². The fourth-order valence-electron chi connectivity index (χ4n) is 13.9. The first-order valence-electron chi connectivity index (χ1n) is 18.7. The number of nitrogens with one attached hydrogen (secondary N) is 1. The summed E-state index contributed by atoms with van der Waals surface area (Å²) in [7, 11) is 0. The van der Waals surface area contributed by atoms with Crippen molar-refractivity contribution >= 4 is 11.9 Å². The van der Waals surface area contributed by atoms with E-state index < -0.39 is 29.9 Å². The molecule has 5 unspecified atom stereocenters. The van der Waals surface area contributed by atoms with Crippen LogP contribution in [0, 0.1) is 50.7 Å². The van der Waals surface area contributed by atoms with Gasteiger partial charge in [-0.1, -0.05) is 34.6 Å². The van der Waals surface area contributed by atoms with Crippen molar-refractivity contribution in [2.24, 2.45) is 50.7 Å². The number of hydrogen-bond acceptors (Lipinski definition) is 7. The molecule has 6 aliphatic carbocycles. The van der Waals surface area contributed by atoms with Crippen LogP contribution < -0.4 is 5.32 Å². The lowest BCUT2D eigenvalue weighted by molar-refractivity contribution is -0.215. The zero-order valence-corrected chi connectivity index (χ0v) is 29.7. The third-order valence-electron chi connectivity index (χ3n) is 16.0. The summed E-state index contributed by atoms with van der Waals surface area (Å²) < 4.78 is 19.2. The number of carbonyl (C=O) groups is 2. The predicted octanol–water partition coefficient (Wildman–Crippen LogP) is 6.19. The molecule has 6 saturated carbocycles. The van der Waals surface area contributed by atoms with Gasteiger partial charge in [0.2, 0.25) is 0 Å². The molecular formula is C38H61NO7. The fraction of sp³-hybridized carbons (Fsp3) is 0.947. The van der Waals surface area contributed by atoms with Crippen LogP contribution in [-0.4, -0.2) is 70.9 Å². The predicted molar refractivity (Wildman–Crippen MR) is 174 cm³/mol. The molecule has 8 heteroatoms. The molecule has 1 heterocycles. The number of aliphatic hydroxyl groups excluding tert-OH is 1. The monoisotopic (exact) mass is 643 g/mol. The van der Waals surface area contributed by atoms with Gasteiger partial charge in [-0.15, -0.1) is 0 Å². The maximum atomic E-state index is 13.0. The lowest BCUT2D eigenvalue weighted by atomic mass is 9.41. The first kappa shape index (κ1) is 33.3. The van der Waals surface area contributed by atoms with Gasteiger partial charge in [-0.25, -0.2) is 4.79 Å². The highest BCUT2D eigenvalue weighted by Crippen LogP contribution is 2.89. The Morgan fingerprint density at radius 2 is 1.76 bits per heavy atom. The number of rotatable bonds is 6. The maximum absolute atomic E-state index is 13.0. The Hall–Kier alpha value is -1.22. The highest BCUT2D eigenvalue weighted by molar-refractivity contribution is 5.89. The van der Waals surface area contributed by atoms with Crippen molar-refractivity contribution in [3.8, 4) is 0 Å². The summed E-state index contributed by atoms with van der Waals surface area (Å²) >= 11 is 0. The number of Topliss-reactive ketones (excluding diaryl/α,β-unsaturated/α-hetero) is 1. The van der Waals surface area contributed by atoms with Crippen molar-refractivity contribution in [2.75, 3.05) is 6.61 Å². The van der Waals surface area contributed by atoms with Gasteiger partial charge in [0.25, 0.3) is 0 Å². The van der Waals surface area contributed by atoms with Crippen LogP contribution in [0.15, 0.2) is 0 Å². The summed E-state index contributed by atoms with van der Waals surface area (Å²) in [5.74, 6) is 1.62. The van der Waals surface area contributed by atoms with Crippen LogP contribution >= 0.6 is 0 Å². The number of ketones is 1. The van der Waals surface area contributed by atoms with Crippen LogP contribution in [0.3, 0.4) is 0 Å². The number of alkyl carbamates (subject to hydrolysis) is 1. The third-order valence-corrected chi connectivity index (χ3v) is 16.0. The van der Waals surface area contributed by atoms with Gasteiger partial charge in [0.15, 0.2) is 5.78 Å². The van der Waals surface area contributed by atoms with Crippen molar-refractivity contribution in [3.63, 3.8) is 0 Å². The SMILES string of the molecule is CCO[C@@H](C1C[C@@H](C)[C@H]2C(O1)[C@H](O)[C@@]1(C)C3CC[C@H]4C(C)(C)C(OC(=O)NC5CCCC5=O)CC[C@@]45C[C@@]35CC[C@]21C)C(C)(C)O. The Morgan fingerprint density at radius 3 is 2.41 bits per heavy atom. The van der Waals surface area contributed by atoms with Gasteiger partial charge in [-0.05, 0) is 125 Å². The standard InChI is InChI=1S/C38H61NO7/c1-9-44-31(34(5,6)43)24-19-21(2)28-29(45-24)30(41)36(8)26-14-13-25-33(3,4)27(46-32(42)39-22-11-10-12-23(22)40)15-16-37(25)20-38(26,37)18-17-35(28,36)7/h21-22,24-31,41,43H,9-20H2,1-8H3,(H,39,42)/t21-,22?,24?,25+,26?,27?,28+,29?,30+,31+,35-,36-,37-,38+/m1/s1. The van der Waals surface area contributed by atoms with E-state index in [4.69, 9.17) is 14.2 Å². The van der Waals surface area contributed by atoms with E-state index in [-0.39, 0.29) is 57.1 Å². The Morgan fingerprint density at radius 1 is 1.07 bits per heavy atom. The van der Waals surface area contributed by atoms with Crippen molar-refractivity contribution in [1.82, 2.24) is 5.32 Å². The molecule has 1 saturated heterocycles. The molecule has 46 heavy (non-hydrogen) atoms. The molecule has 260 valence electrons. The lowest BCUT2D eigenvalue weighted by Gasteiger charge is -2.63. The molecule has 2 spiro atoms. The molecule has 1 amide bonds. The molecule has 8 nitrogen and oxygen atoms in total. The van der Waals surface area contributed by atoms with Crippen LogP contribution in [0.2, 0.25) is 0 Å². The molecule has 0 aromatic rings. The van der Waals surface area contributed by atoms with Gasteiger partial charge >= 0.3 is 6.09 Å². The smallest absolute Gasteiger partial charge is 0.408 e. The normalized spacial score (nSPS) is 51.2. The molecule has 7 aliphatic rings. The van der Waals surface area contributed by atoms with Crippen molar-refractivity contribution in [1.29, 1.82) is 0 Å². The minimum Gasteiger partial charge on any atom is -0.446 e. The van der Waals surface area contributed by atoms with E-state index >= 15 is 0 Å². The van der Waals surface area contributed by atoms with Crippen LogP contribution in [0.1, 0.15) is 126 Å². The number of fused-ring (bicyclic) bond motifs is 4. The number of hydrogen-bond donors (Lipinski definition) is 3. The Balaban J connectivity index is 1.12. The molecule has 0 radical (unpaired) electrons. The molecular weight excluding hydrogens is 582 g/mol. The van der Waals surface area contributed by atoms with E-state index in [1.807, 2.05) is 6.92 Å². The number of carbonyl (C=O) groups excluding carboxylic acids is 2. The van der Waals surface area contributed by atoms with Crippen LogP contribution in [-0.2, 0) is 19.0 Å². The first-order chi connectivity index (χ1) is 21.5. The van der Waals surface area contributed by atoms with Crippen molar-refractivity contribution < 1.29 is 34.0 Å². The van der Waals surface area contributed by atoms with E-state index in [0.29, 0.717) is 37.2 Å². The van der Waals surface area contributed by atoms with Gasteiger partial charge in [0, 0.05) is 23.9 Å². The largest absolute Gasteiger partial charge is 0.446 e. The number of aliphatic hydroxyl groups is 2. The van der Waals surface area contributed by atoms with Crippen LogP contribution in [0.25, 0.3) is 0 Å². The number of ether oxygens (including phenoxy) is 3. The molecule has 0 aromatic heterocycles. The van der Waals surface area contributed by atoms with Gasteiger partial charge < -0.3 is 29.7 Å². The molecule has 0 bridgehead atoms. The van der Waals surface area contributed by atoms with Gasteiger partial charge in [0.05, 0.1) is 30.0 Å². The summed E-state index contributed by atoms with van der Waals surface area (Å²) in [5.41, 5.74) is -1.06. The molecule has 7 fully saturated rings. The van der Waals surface area contributed by atoms with Gasteiger partial charge in [0.1, 0.15) is 12.2 Å². The summed E-state index contributed by atoms with van der Waals surface area (Å²) in [4.78, 5) is 25.1. The summed E-state index contributed by atoms with van der Waals surface area (Å²) in [6.45, 7) is 17.9. The lowest BCUT2D eigenvalue weighted by Crippen LogP contribution is -2.60. The molecule has 14 atom stereocenters. The second kappa shape index (κ2) is 10.6. The molecule has 0 aromatic carbocycles. The van der Waals surface area contributed by atoms with Gasteiger partial charge in [-0.2, -0.15) is 0 Å². The van der Waals surface area contributed by atoms with Gasteiger partial charge in [-0.3, -0.25) is 4.79 Å². The van der Waals surface area contributed by atoms with Crippen LogP contribution in [0.4, 0.5) is 4.79 Å². The van der Waals surface area contributed by atoms with E-state index in [9.17, 15) is 19.8 Å². The Bertz CT molecular complexity index is 1250. The average Bonchev–Trinajstić information content (AvgIpc) is 3.41. The molecule has 3 N–H and O–H groups in total. The second-order valence-corrected chi connectivity index (χ2v) is 18.5. The molecule has 7 rings (SSSR count). The zero-order valence-electron chi connectivity index (χ0n) is 29.7. The Kier molecular flexibility index (Phi) is 7.70. The van der Waals surface area contributed by atoms with E-state index in [1.165, 1.54) is 12.8 Å². The van der Waals surface area contributed by atoms with Crippen molar-refractivity contribution in [3.05, 3.63) is 0 Å². The second-order valence-electron chi connectivity index (χ2n) is 18.5. The minimum atomic E-state index is -1.04. The zero-order chi connectivity index (χ0) is 33.2. The summed E-state index contributed by atoms with van der Waals surface area (Å²) in [5, 5.41) is 26.4. The van der Waals surface area contributed by atoms with E-state index in [0.717, 1.165) is 44.9 Å². The fourth-order valence-corrected chi connectivity index (χ4v) is 13.9. The van der Waals surface area contributed by atoms with Crippen molar-refractivity contribution in [2.45, 2.75) is 168 Å². The van der Waals surface area contributed by atoms with Crippen LogP contribution in [0.5, 0.6) is 0 Å². The quantitative estimate of drug-likeness (QED) is 0.316. The topological polar surface area (TPSA) is 114 Å². The highest BCUT2D eigenvalue weighted by atomic mass is 16.6. The number of amides is 1. The van der Waals surface area contributed by atoms with E-state index in [1.54, 1.807) is 13.8 Å². The Labute approximate surface area is 276 Å². The molecule has 1 aliphatic heterocycles.